The van der Waals surface area contributed by atoms with E-state index in [1.54, 1.807) is 18.4 Å². The lowest BCUT2D eigenvalue weighted by molar-refractivity contribution is 0.182. The quantitative estimate of drug-likeness (QED) is 0.873. The molecule has 0 spiro atoms. The van der Waals surface area contributed by atoms with Crippen LogP contribution in [0.3, 0.4) is 0 Å². The lowest BCUT2D eigenvalue weighted by atomic mass is 10.1. The number of ether oxygens (including phenoxy) is 1. The molecule has 5 nitrogen and oxygen atoms in total. The Hall–Kier alpha value is -0.760. The second-order valence-corrected chi connectivity index (χ2v) is 6.02. The van der Waals surface area contributed by atoms with Crippen LogP contribution in [-0.4, -0.2) is 35.5 Å². The van der Waals surface area contributed by atoms with E-state index in [9.17, 15) is 0 Å². The zero-order valence-corrected chi connectivity index (χ0v) is 13.6. The standard InChI is InChI=1S/C12H17BrN4OS/c1-8-16-10(7-19-8)11(14-2)12-9(13)6-15-17(12)4-5-18-3/h6-7,11,14H,4-5H2,1-3H3. The van der Waals surface area contributed by atoms with E-state index in [-0.39, 0.29) is 6.04 Å². The number of aryl methyl sites for hydroxylation is 1. The van der Waals surface area contributed by atoms with Gasteiger partial charge in [-0.25, -0.2) is 4.98 Å². The summed E-state index contributed by atoms with van der Waals surface area (Å²) in [5.74, 6) is 0. The Morgan fingerprint density at radius 1 is 1.58 bits per heavy atom. The average molecular weight is 345 g/mol. The van der Waals surface area contributed by atoms with Crippen molar-refractivity contribution >= 4 is 27.3 Å². The molecule has 0 aliphatic carbocycles. The van der Waals surface area contributed by atoms with E-state index in [1.165, 1.54) is 0 Å². The average Bonchev–Trinajstić information content (AvgIpc) is 2.97. The van der Waals surface area contributed by atoms with Gasteiger partial charge in [-0.15, -0.1) is 11.3 Å². The zero-order chi connectivity index (χ0) is 13.8. The van der Waals surface area contributed by atoms with Gasteiger partial charge in [0.15, 0.2) is 0 Å². The molecule has 2 aromatic heterocycles. The highest BCUT2D eigenvalue weighted by molar-refractivity contribution is 9.10. The predicted octanol–water partition coefficient (Wildman–Crippen LogP) is 2.37. The van der Waals surface area contributed by atoms with Gasteiger partial charge in [0, 0.05) is 12.5 Å². The van der Waals surface area contributed by atoms with Gasteiger partial charge in [-0.2, -0.15) is 5.10 Å². The van der Waals surface area contributed by atoms with Crippen molar-refractivity contribution in [3.63, 3.8) is 0 Å². The first-order valence-electron chi connectivity index (χ1n) is 5.96. The molecule has 1 unspecified atom stereocenters. The van der Waals surface area contributed by atoms with E-state index in [1.807, 2.05) is 24.9 Å². The molecule has 1 N–H and O–H groups in total. The van der Waals surface area contributed by atoms with E-state index >= 15 is 0 Å². The molecule has 1 atom stereocenters. The van der Waals surface area contributed by atoms with E-state index in [4.69, 9.17) is 4.74 Å². The molecule has 0 radical (unpaired) electrons. The minimum Gasteiger partial charge on any atom is -0.383 e. The van der Waals surface area contributed by atoms with E-state index in [2.05, 4.69) is 36.7 Å². The SMILES string of the molecule is CNC(c1csc(C)n1)c1c(Br)cnn1CCOC. The largest absolute Gasteiger partial charge is 0.383 e. The van der Waals surface area contributed by atoms with Crippen molar-refractivity contribution in [3.05, 3.63) is 32.4 Å². The highest BCUT2D eigenvalue weighted by Gasteiger charge is 2.22. The van der Waals surface area contributed by atoms with Crippen molar-refractivity contribution in [2.24, 2.45) is 0 Å². The molecule has 0 aromatic carbocycles. The molecule has 0 aliphatic heterocycles. The number of rotatable bonds is 6. The summed E-state index contributed by atoms with van der Waals surface area (Å²) < 4.78 is 8.05. The van der Waals surface area contributed by atoms with Gasteiger partial charge in [-0.3, -0.25) is 4.68 Å². The van der Waals surface area contributed by atoms with Crippen LogP contribution in [0.5, 0.6) is 0 Å². The van der Waals surface area contributed by atoms with Crippen LogP contribution in [0.1, 0.15) is 22.4 Å². The number of thiazole rings is 1. The normalized spacial score (nSPS) is 12.8. The van der Waals surface area contributed by atoms with E-state index < -0.39 is 0 Å². The first-order valence-corrected chi connectivity index (χ1v) is 7.64. The lowest BCUT2D eigenvalue weighted by Gasteiger charge is -2.17. The molecule has 19 heavy (non-hydrogen) atoms. The fourth-order valence-corrected chi connectivity index (χ4v) is 3.12. The molecule has 2 heterocycles. The predicted molar refractivity (Wildman–Crippen MR) is 79.6 cm³/mol. The van der Waals surface area contributed by atoms with Crippen molar-refractivity contribution in [2.45, 2.75) is 19.5 Å². The Morgan fingerprint density at radius 3 is 2.95 bits per heavy atom. The Balaban J connectivity index is 2.34. The summed E-state index contributed by atoms with van der Waals surface area (Å²) in [5, 5.41) is 10.8. The van der Waals surface area contributed by atoms with Crippen molar-refractivity contribution in [1.29, 1.82) is 0 Å². The summed E-state index contributed by atoms with van der Waals surface area (Å²) in [6.45, 7) is 3.37. The van der Waals surface area contributed by atoms with Crippen molar-refractivity contribution in [2.75, 3.05) is 20.8 Å². The summed E-state index contributed by atoms with van der Waals surface area (Å²) >= 11 is 5.22. The Kier molecular flexibility index (Phi) is 5.09. The molecule has 0 saturated heterocycles. The second-order valence-electron chi connectivity index (χ2n) is 4.11. The van der Waals surface area contributed by atoms with Crippen LogP contribution in [-0.2, 0) is 11.3 Å². The fourth-order valence-electron chi connectivity index (χ4n) is 1.95. The highest BCUT2D eigenvalue weighted by atomic mass is 79.9. The molecule has 0 fully saturated rings. The van der Waals surface area contributed by atoms with Crippen LogP contribution < -0.4 is 5.32 Å². The molecule has 2 rings (SSSR count). The summed E-state index contributed by atoms with van der Waals surface area (Å²) in [5.41, 5.74) is 2.09. The summed E-state index contributed by atoms with van der Waals surface area (Å²) in [6.07, 6.45) is 1.81. The third kappa shape index (κ3) is 3.22. The maximum absolute atomic E-state index is 5.12. The number of nitrogens with zero attached hydrogens (tertiary/aromatic N) is 3. The summed E-state index contributed by atoms with van der Waals surface area (Å²) in [4.78, 5) is 4.56. The Bertz CT molecular complexity index is 540. The molecule has 104 valence electrons. The van der Waals surface area contributed by atoms with Crippen LogP contribution in [0.15, 0.2) is 16.0 Å². The zero-order valence-electron chi connectivity index (χ0n) is 11.2. The minimum atomic E-state index is 0.0266. The smallest absolute Gasteiger partial charge is 0.0939 e. The van der Waals surface area contributed by atoms with Crippen molar-refractivity contribution in [1.82, 2.24) is 20.1 Å². The van der Waals surface area contributed by atoms with Crippen LogP contribution in [0, 0.1) is 6.92 Å². The number of hydrogen-bond donors (Lipinski definition) is 1. The Labute approximate surface area is 125 Å². The summed E-state index contributed by atoms with van der Waals surface area (Å²) in [6, 6.07) is 0.0266. The number of aromatic nitrogens is 3. The molecule has 0 bridgehead atoms. The number of nitrogens with one attached hydrogen (secondary N) is 1. The molecule has 0 saturated carbocycles. The monoisotopic (exact) mass is 344 g/mol. The van der Waals surface area contributed by atoms with Crippen LogP contribution >= 0.6 is 27.3 Å². The fraction of sp³-hybridized carbons (Fsp3) is 0.500. The summed E-state index contributed by atoms with van der Waals surface area (Å²) in [7, 11) is 3.62. The molecule has 7 heteroatoms. The lowest BCUT2D eigenvalue weighted by Crippen LogP contribution is -2.23. The Morgan fingerprint density at radius 2 is 2.37 bits per heavy atom. The second kappa shape index (κ2) is 6.60. The van der Waals surface area contributed by atoms with Crippen LogP contribution in [0.2, 0.25) is 0 Å². The maximum Gasteiger partial charge on any atom is 0.0939 e. The molecule has 2 aromatic rings. The maximum atomic E-state index is 5.12. The highest BCUT2D eigenvalue weighted by Crippen LogP contribution is 2.29. The van der Waals surface area contributed by atoms with Gasteiger partial charge in [-0.05, 0) is 29.9 Å². The van der Waals surface area contributed by atoms with Gasteiger partial charge < -0.3 is 10.1 Å². The topological polar surface area (TPSA) is 52.0 Å². The van der Waals surface area contributed by atoms with Crippen molar-refractivity contribution < 1.29 is 4.74 Å². The van der Waals surface area contributed by atoms with Crippen LogP contribution in [0.4, 0.5) is 0 Å². The van der Waals surface area contributed by atoms with Crippen LogP contribution in [0.25, 0.3) is 0 Å². The minimum absolute atomic E-state index is 0.0266. The van der Waals surface area contributed by atoms with E-state index in [0.29, 0.717) is 6.61 Å². The van der Waals surface area contributed by atoms with Crippen molar-refractivity contribution in [3.8, 4) is 0 Å². The van der Waals surface area contributed by atoms with Gasteiger partial charge >= 0.3 is 0 Å². The molecule has 0 aliphatic rings. The van der Waals surface area contributed by atoms with Gasteiger partial charge in [0.2, 0.25) is 0 Å². The number of halogens is 1. The van der Waals surface area contributed by atoms with Gasteiger partial charge in [0.1, 0.15) is 0 Å². The first kappa shape index (κ1) is 14.6. The number of hydrogen-bond acceptors (Lipinski definition) is 5. The first-order chi connectivity index (χ1) is 9.17. The molecular formula is C12H17BrN4OS. The third-order valence-electron chi connectivity index (χ3n) is 2.84. The van der Waals surface area contributed by atoms with Gasteiger partial charge in [-0.1, -0.05) is 0 Å². The van der Waals surface area contributed by atoms with Gasteiger partial charge in [0.25, 0.3) is 0 Å². The molecular weight excluding hydrogens is 328 g/mol. The number of methoxy groups -OCH3 is 1. The van der Waals surface area contributed by atoms with Gasteiger partial charge in [0.05, 0.1) is 46.3 Å². The third-order valence-corrected chi connectivity index (χ3v) is 4.24. The van der Waals surface area contributed by atoms with E-state index in [0.717, 1.165) is 27.4 Å². The molecule has 0 amide bonds.